The van der Waals surface area contributed by atoms with Gasteiger partial charge in [0.1, 0.15) is 17.6 Å². The number of nitrogens with zero attached hydrogens (tertiary/aromatic N) is 1. The first-order valence-electron chi connectivity index (χ1n) is 5.60. The third-order valence-corrected chi connectivity index (χ3v) is 3.61. The number of benzene rings is 2. The second kappa shape index (κ2) is 6.34. The van der Waals surface area contributed by atoms with Gasteiger partial charge in [-0.2, -0.15) is 5.26 Å². The molecule has 0 radical (unpaired) electrons. The summed E-state index contributed by atoms with van der Waals surface area (Å²) in [5.74, 6) is 0.711. The second-order valence-electron chi connectivity index (χ2n) is 3.95. The van der Waals surface area contributed by atoms with Gasteiger partial charge in [0, 0.05) is 12.6 Å². The van der Waals surface area contributed by atoms with E-state index in [-0.39, 0.29) is 0 Å². The van der Waals surface area contributed by atoms with Crippen molar-refractivity contribution < 1.29 is 4.74 Å². The van der Waals surface area contributed by atoms with Crippen LogP contribution in [-0.4, -0.2) is 0 Å². The first-order chi connectivity index (χ1) is 9.55. The molecule has 0 spiro atoms. The van der Waals surface area contributed by atoms with E-state index < -0.39 is 0 Å². The highest BCUT2D eigenvalue weighted by Gasteiger charge is 2.11. The Labute approximate surface area is 131 Å². The van der Waals surface area contributed by atoms with E-state index in [4.69, 9.17) is 50.5 Å². The summed E-state index contributed by atoms with van der Waals surface area (Å²) in [6.07, 6.45) is 0. The summed E-state index contributed by atoms with van der Waals surface area (Å²) < 4.78 is 5.63. The summed E-state index contributed by atoms with van der Waals surface area (Å²) in [5, 5.41) is 10.1. The zero-order valence-corrected chi connectivity index (χ0v) is 12.4. The predicted molar refractivity (Wildman–Crippen MR) is 80.6 cm³/mol. The first kappa shape index (κ1) is 15.0. The van der Waals surface area contributed by atoms with Crippen LogP contribution < -0.4 is 10.5 Å². The minimum atomic E-state index is 0.311. The number of ether oxygens (including phenoxy) is 1. The van der Waals surface area contributed by atoms with Crippen molar-refractivity contribution in [3.63, 3.8) is 0 Å². The Morgan fingerprint density at radius 2 is 1.70 bits per heavy atom. The zero-order chi connectivity index (χ0) is 14.7. The van der Waals surface area contributed by atoms with Gasteiger partial charge in [0.25, 0.3) is 0 Å². The van der Waals surface area contributed by atoms with Crippen molar-refractivity contribution >= 4 is 34.8 Å². The Morgan fingerprint density at radius 3 is 2.35 bits per heavy atom. The van der Waals surface area contributed by atoms with Gasteiger partial charge in [-0.25, -0.2) is 0 Å². The maximum Gasteiger partial charge on any atom is 0.147 e. The van der Waals surface area contributed by atoms with Gasteiger partial charge < -0.3 is 10.5 Å². The summed E-state index contributed by atoms with van der Waals surface area (Å²) in [7, 11) is 0. The highest BCUT2D eigenvalue weighted by atomic mass is 35.5. The molecule has 0 atom stereocenters. The molecule has 2 rings (SSSR count). The van der Waals surface area contributed by atoms with Crippen molar-refractivity contribution in [2.75, 3.05) is 0 Å². The molecule has 0 amide bonds. The van der Waals surface area contributed by atoms with Crippen LogP contribution in [0.2, 0.25) is 15.1 Å². The lowest BCUT2D eigenvalue weighted by molar-refractivity contribution is 0.481. The van der Waals surface area contributed by atoms with Gasteiger partial charge in [-0.1, -0.05) is 40.9 Å². The Bertz CT molecular complexity index is 696. The minimum Gasteiger partial charge on any atom is -0.454 e. The van der Waals surface area contributed by atoms with Crippen LogP contribution in [0.5, 0.6) is 11.5 Å². The Morgan fingerprint density at radius 1 is 1.00 bits per heavy atom. The molecule has 0 aromatic heterocycles. The average molecular weight is 328 g/mol. The van der Waals surface area contributed by atoms with Gasteiger partial charge in [-0.05, 0) is 23.8 Å². The molecule has 0 aliphatic rings. The first-order valence-corrected chi connectivity index (χ1v) is 6.74. The van der Waals surface area contributed by atoms with Gasteiger partial charge in [-0.15, -0.1) is 0 Å². The van der Waals surface area contributed by atoms with E-state index in [1.807, 2.05) is 0 Å². The second-order valence-corrected chi connectivity index (χ2v) is 5.17. The van der Waals surface area contributed by atoms with Crippen LogP contribution >= 0.6 is 34.8 Å². The zero-order valence-electron chi connectivity index (χ0n) is 10.2. The van der Waals surface area contributed by atoms with Gasteiger partial charge in [0.15, 0.2) is 0 Å². The predicted octanol–water partition coefficient (Wildman–Crippen LogP) is 4.77. The molecular weight excluding hydrogens is 319 g/mol. The lowest BCUT2D eigenvalue weighted by Crippen LogP contribution is -1.97. The van der Waals surface area contributed by atoms with E-state index in [1.165, 1.54) is 12.1 Å². The molecule has 0 fully saturated rings. The molecule has 0 aliphatic heterocycles. The molecule has 0 saturated carbocycles. The molecule has 0 unspecified atom stereocenters. The lowest BCUT2D eigenvalue weighted by Gasteiger charge is -2.11. The fourth-order valence-corrected chi connectivity index (χ4v) is 2.16. The van der Waals surface area contributed by atoms with Gasteiger partial charge in [0.2, 0.25) is 0 Å². The quantitative estimate of drug-likeness (QED) is 0.826. The molecule has 2 aromatic rings. The van der Waals surface area contributed by atoms with Crippen molar-refractivity contribution in [2.24, 2.45) is 5.73 Å². The molecule has 2 N–H and O–H groups in total. The maximum atomic E-state index is 9.13. The average Bonchev–Trinajstić information content (AvgIpc) is 2.45. The van der Waals surface area contributed by atoms with Crippen LogP contribution in [0.25, 0.3) is 0 Å². The number of rotatable bonds is 3. The van der Waals surface area contributed by atoms with E-state index in [0.29, 0.717) is 38.7 Å². The summed E-state index contributed by atoms with van der Waals surface area (Å²) in [6.45, 7) is 0.350. The molecule has 102 valence electrons. The topological polar surface area (TPSA) is 59.0 Å². The molecule has 0 aliphatic carbocycles. The molecule has 0 heterocycles. The van der Waals surface area contributed by atoms with Crippen molar-refractivity contribution in [1.29, 1.82) is 5.26 Å². The third kappa shape index (κ3) is 3.17. The smallest absolute Gasteiger partial charge is 0.147 e. The van der Waals surface area contributed by atoms with Crippen molar-refractivity contribution in [3.05, 3.63) is 56.5 Å². The van der Waals surface area contributed by atoms with Gasteiger partial charge in [0.05, 0.1) is 20.6 Å². The van der Waals surface area contributed by atoms with Crippen LogP contribution in [0, 0.1) is 11.3 Å². The van der Waals surface area contributed by atoms with Crippen molar-refractivity contribution in [3.8, 4) is 17.6 Å². The van der Waals surface area contributed by atoms with Gasteiger partial charge in [-0.3, -0.25) is 0 Å². The lowest BCUT2D eigenvalue weighted by atomic mass is 10.1. The van der Waals surface area contributed by atoms with Crippen molar-refractivity contribution in [1.82, 2.24) is 0 Å². The summed E-state index contributed by atoms with van der Waals surface area (Å²) in [4.78, 5) is 0. The largest absolute Gasteiger partial charge is 0.454 e. The molecular formula is C14H9Cl3N2O. The molecule has 0 bridgehead atoms. The van der Waals surface area contributed by atoms with Crippen LogP contribution in [0.15, 0.2) is 30.3 Å². The van der Waals surface area contributed by atoms with Crippen LogP contribution in [0.1, 0.15) is 11.1 Å². The number of hydrogen-bond donors (Lipinski definition) is 1. The summed E-state index contributed by atoms with van der Waals surface area (Å²) in [5.41, 5.74) is 6.75. The van der Waals surface area contributed by atoms with E-state index in [0.717, 1.165) is 5.56 Å². The summed E-state index contributed by atoms with van der Waals surface area (Å²) >= 11 is 17.8. The number of halogens is 3. The molecule has 3 nitrogen and oxygen atoms in total. The van der Waals surface area contributed by atoms with E-state index in [2.05, 4.69) is 6.07 Å². The minimum absolute atomic E-state index is 0.311. The monoisotopic (exact) mass is 326 g/mol. The standard InChI is InChI=1S/C14H9Cl3N2O/c15-10-4-12(17)14(5-11(10)16)20-13-2-1-8(6-18)3-9(13)7-19/h1-5H,6,18H2. The highest BCUT2D eigenvalue weighted by Crippen LogP contribution is 2.37. The van der Waals surface area contributed by atoms with Gasteiger partial charge >= 0.3 is 0 Å². The fraction of sp³-hybridized carbons (Fsp3) is 0.0714. The third-order valence-electron chi connectivity index (χ3n) is 2.59. The van der Waals surface area contributed by atoms with E-state index in [1.54, 1.807) is 18.2 Å². The molecule has 0 saturated heterocycles. The number of hydrogen-bond acceptors (Lipinski definition) is 3. The van der Waals surface area contributed by atoms with Crippen LogP contribution in [-0.2, 0) is 6.54 Å². The highest BCUT2D eigenvalue weighted by molar-refractivity contribution is 6.43. The van der Waals surface area contributed by atoms with E-state index >= 15 is 0 Å². The normalized spacial score (nSPS) is 10.2. The number of nitriles is 1. The Balaban J connectivity index is 2.40. The molecule has 6 heteroatoms. The SMILES string of the molecule is N#Cc1cc(CN)ccc1Oc1cc(Cl)c(Cl)cc1Cl. The Hall–Kier alpha value is -1.44. The maximum absolute atomic E-state index is 9.13. The van der Waals surface area contributed by atoms with Crippen LogP contribution in [0.3, 0.4) is 0 Å². The van der Waals surface area contributed by atoms with Crippen molar-refractivity contribution in [2.45, 2.75) is 6.54 Å². The molecule has 2 aromatic carbocycles. The summed E-state index contributed by atoms with van der Waals surface area (Å²) in [6, 6.07) is 10.2. The fourth-order valence-electron chi connectivity index (χ4n) is 1.58. The van der Waals surface area contributed by atoms with Crippen LogP contribution in [0.4, 0.5) is 0 Å². The van der Waals surface area contributed by atoms with E-state index in [9.17, 15) is 0 Å². The number of nitrogens with two attached hydrogens (primary N) is 1. The Kier molecular flexibility index (Phi) is 4.74. The molecule has 20 heavy (non-hydrogen) atoms.